The Hall–Kier alpha value is -1.35. The fourth-order valence-corrected chi connectivity index (χ4v) is 2.67. The van der Waals surface area contributed by atoms with Gasteiger partial charge >= 0.3 is 0 Å². The van der Waals surface area contributed by atoms with Gasteiger partial charge < -0.3 is 10.1 Å². The maximum Gasteiger partial charge on any atom is 0.137 e. The van der Waals surface area contributed by atoms with Gasteiger partial charge in [-0.3, -0.25) is 0 Å². The first-order chi connectivity index (χ1) is 7.88. The Morgan fingerprint density at radius 3 is 2.88 bits per heavy atom. The first-order valence-electron chi connectivity index (χ1n) is 6.05. The summed E-state index contributed by atoms with van der Waals surface area (Å²) in [6.07, 6.45) is 7.46. The highest BCUT2D eigenvalue weighted by molar-refractivity contribution is 5.42. The van der Waals surface area contributed by atoms with Crippen molar-refractivity contribution in [3.63, 3.8) is 0 Å². The van der Waals surface area contributed by atoms with Crippen LogP contribution in [0.25, 0.3) is 5.65 Å². The molecular weight excluding hydrogens is 198 g/mol. The molecule has 3 heteroatoms. The van der Waals surface area contributed by atoms with Crippen molar-refractivity contribution < 1.29 is 0 Å². The Balaban J connectivity index is 2.07. The number of pyridine rings is 1. The molecule has 0 radical (unpaired) electrons. The number of nitrogens with two attached hydrogens (primary N) is 1. The normalized spacial score (nSPS) is 17.3. The number of nitrogens with zero attached hydrogens (tertiary/aromatic N) is 2. The van der Waals surface area contributed by atoms with Gasteiger partial charge in [-0.1, -0.05) is 18.9 Å². The Bertz CT molecular complexity index is 495. The molecule has 0 atom stereocenters. The van der Waals surface area contributed by atoms with E-state index in [0.717, 1.165) is 11.3 Å². The fraction of sp³-hybridized carbons (Fsp3) is 0.462. The number of fused-ring (bicyclic) bond motifs is 1. The van der Waals surface area contributed by atoms with Crippen molar-refractivity contribution >= 4 is 5.65 Å². The van der Waals surface area contributed by atoms with Crippen LogP contribution < -0.4 is 5.73 Å². The van der Waals surface area contributed by atoms with Crippen LogP contribution in [0, 0.1) is 0 Å². The van der Waals surface area contributed by atoms with Gasteiger partial charge in [0, 0.05) is 24.4 Å². The lowest BCUT2D eigenvalue weighted by atomic mass is 10.1. The molecule has 1 fully saturated rings. The minimum Gasteiger partial charge on any atom is -0.325 e. The second-order valence-electron chi connectivity index (χ2n) is 4.60. The second kappa shape index (κ2) is 3.91. The molecule has 84 valence electrons. The quantitative estimate of drug-likeness (QED) is 0.836. The maximum atomic E-state index is 5.73. The van der Waals surface area contributed by atoms with Gasteiger partial charge in [-0.25, -0.2) is 4.98 Å². The summed E-state index contributed by atoms with van der Waals surface area (Å²) < 4.78 is 2.13. The van der Waals surface area contributed by atoms with Gasteiger partial charge in [0.25, 0.3) is 0 Å². The van der Waals surface area contributed by atoms with E-state index in [1.54, 1.807) is 0 Å². The second-order valence-corrected chi connectivity index (χ2v) is 4.60. The summed E-state index contributed by atoms with van der Waals surface area (Å²) in [5, 5.41) is 0. The standard InChI is InChI=1S/C13H17N3/c14-8-11-6-3-7-13-15-12(9-16(11)13)10-4-1-2-5-10/h3,6-7,9-10H,1-2,4-5,8,14H2. The average molecular weight is 215 g/mol. The maximum absolute atomic E-state index is 5.73. The molecule has 1 saturated carbocycles. The molecule has 2 N–H and O–H groups in total. The van der Waals surface area contributed by atoms with E-state index < -0.39 is 0 Å². The van der Waals surface area contributed by atoms with Crippen LogP contribution in [-0.2, 0) is 6.54 Å². The van der Waals surface area contributed by atoms with E-state index in [0.29, 0.717) is 12.5 Å². The Labute approximate surface area is 95.3 Å². The summed E-state index contributed by atoms with van der Waals surface area (Å²) in [4.78, 5) is 4.71. The number of imidazole rings is 1. The summed E-state index contributed by atoms with van der Waals surface area (Å²) in [6, 6.07) is 6.15. The predicted octanol–water partition coefficient (Wildman–Crippen LogP) is 2.45. The number of rotatable bonds is 2. The van der Waals surface area contributed by atoms with Crippen LogP contribution in [0.5, 0.6) is 0 Å². The van der Waals surface area contributed by atoms with Crippen molar-refractivity contribution in [2.24, 2.45) is 5.73 Å². The van der Waals surface area contributed by atoms with E-state index in [2.05, 4.69) is 22.7 Å². The molecule has 0 spiro atoms. The monoisotopic (exact) mass is 215 g/mol. The molecule has 2 heterocycles. The summed E-state index contributed by atoms with van der Waals surface area (Å²) in [6.45, 7) is 0.567. The molecular formula is C13H17N3. The Morgan fingerprint density at radius 1 is 1.31 bits per heavy atom. The molecule has 0 aromatic carbocycles. The lowest BCUT2D eigenvalue weighted by molar-refractivity contribution is 0.703. The van der Waals surface area contributed by atoms with Gasteiger partial charge in [0.15, 0.2) is 0 Å². The summed E-state index contributed by atoms with van der Waals surface area (Å²) >= 11 is 0. The van der Waals surface area contributed by atoms with Crippen LogP contribution in [0.4, 0.5) is 0 Å². The predicted molar refractivity (Wildman–Crippen MR) is 64.3 cm³/mol. The number of aromatic nitrogens is 2. The molecule has 0 bridgehead atoms. The first kappa shape index (κ1) is 9.85. The molecule has 3 rings (SSSR count). The zero-order valence-electron chi connectivity index (χ0n) is 9.39. The van der Waals surface area contributed by atoms with Gasteiger partial charge in [-0.2, -0.15) is 0 Å². The van der Waals surface area contributed by atoms with Crippen molar-refractivity contribution in [3.8, 4) is 0 Å². The summed E-state index contributed by atoms with van der Waals surface area (Å²) in [5.41, 5.74) is 9.14. The van der Waals surface area contributed by atoms with Gasteiger partial charge in [0.2, 0.25) is 0 Å². The van der Waals surface area contributed by atoms with Crippen LogP contribution >= 0.6 is 0 Å². The molecule has 1 aliphatic carbocycles. The SMILES string of the molecule is NCc1cccc2nc(C3CCCC3)cn12. The third kappa shape index (κ3) is 1.52. The lowest BCUT2D eigenvalue weighted by Crippen LogP contribution is -2.02. The van der Waals surface area contributed by atoms with E-state index in [1.807, 2.05) is 6.07 Å². The van der Waals surface area contributed by atoms with Crippen LogP contribution in [-0.4, -0.2) is 9.38 Å². The van der Waals surface area contributed by atoms with Crippen molar-refractivity contribution in [1.82, 2.24) is 9.38 Å². The molecule has 0 saturated heterocycles. The molecule has 1 aliphatic rings. The average Bonchev–Trinajstić information content (AvgIpc) is 2.96. The van der Waals surface area contributed by atoms with E-state index in [1.165, 1.54) is 31.4 Å². The fourth-order valence-electron chi connectivity index (χ4n) is 2.67. The van der Waals surface area contributed by atoms with Crippen molar-refractivity contribution in [2.75, 3.05) is 0 Å². The minimum atomic E-state index is 0.567. The van der Waals surface area contributed by atoms with Crippen molar-refractivity contribution in [2.45, 2.75) is 38.1 Å². The molecule has 2 aromatic heterocycles. The van der Waals surface area contributed by atoms with Crippen LogP contribution in [0.2, 0.25) is 0 Å². The highest BCUT2D eigenvalue weighted by Crippen LogP contribution is 2.33. The highest BCUT2D eigenvalue weighted by atomic mass is 15.0. The molecule has 0 amide bonds. The largest absolute Gasteiger partial charge is 0.325 e. The van der Waals surface area contributed by atoms with E-state index in [9.17, 15) is 0 Å². The van der Waals surface area contributed by atoms with Crippen molar-refractivity contribution in [1.29, 1.82) is 0 Å². The zero-order chi connectivity index (χ0) is 11.0. The van der Waals surface area contributed by atoms with Gasteiger partial charge in [-0.15, -0.1) is 0 Å². The zero-order valence-corrected chi connectivity index (χ0v) is 9.39. The highest BCUT2D eigenvalue weighted by Gasteiger charge is 2.19. The molecule has 3 nitrogen and oxygen atoms in total. The van der Waals surface area contributed by atoms with Crippen molar-refractivity contribution in [3.05, 3.63) is 35.8 Å². The first-order valence-corrected chi connectivity index (χ1v) is 6.05. The smallest absolute Gasteiger partial charge is 0.137 e. The van der Waals surface area contributed by atoms with Gasteiger partial charge in [0.1, 0.15) is 5.65 Å². The topological polar surface area (TPSA) is 43.3 Å². The molecule has 2 aromatic rings. The van der Waals surface area contributed by atoms with Crippen LogP contribution in [0.15, 0.2) is 24.4 Å². The Morgan fingerprint density at radius 2 is 2.12 bits per heavy atom. The summed E-state index contributed by atoms with van der Waals surface area (Å²) in [7, 11) is 0. The third-order valence-electron chi connectivity index (χ3n) is 3.58. The van der Waals surface area contributed by atoms with E-state index in [-0.39, 0.29) is 0 Å². The van der Waals surface area contributed by atoms with Gasteiger partial charge in [0.05, 0.1) is 5.69 Å². The minimum absolute atomic E-state index is 0.567. The lowest BCUT2D eigenvalue weighted by Gasteiger charge is -2.02. The number of hydrogen-bond donors (Lipinski definition) is 1. The molecule has 16 heavy (non-hydrogen) atoms. The molecule has 0 aliphatic heterocycles. The molecule has 0 unspecified atom stereocenters. The van der Waals surface area contributed by atoms with Crippen LogP contribution in [0.1, 0.15) is 43.0 Å². The van der Waals surface area contributed by atoms with Crippen LogP contribution in [0.3, 0.4) is 0 Å². The number of hydrogen-bond acceptors (Lipinski definition) is 2. The summed E-state index contributed by atoms with van der Waals surface area (Å²) in [5.74, 6) is 0.672. The third-order valence-corrected chi connectivity index (χ3v) is 3.58. The van der Waals surface area contributed by atoms with Gasteiger partial charge in [-0.05, 0) is 25.0 Å². The van der Waals surface area contributed by atoms with E-state index >= 15 is 0 Å². The van der Waals surface area contributed by atoms with E-state index in [4.69, 9.17) is 10.7 Å². The Kier molecular flexibility index (Phi) is 2.40.